The van der Waals surface area contributed by atoms with Gasteiger partial charge in [-0.3, -0.25) is 0 Å². The van der Waals surface area contributed by atoms with E-state index in [0.717, 1.165) is 42.0 Å². The maximum Gasteiger partial charge on any atom is 0.251 e. The molecule has 5 nitrogen and oxygen atoms in total. The van der Waals surface area contributed by atoms with Crippen LogP contribution in [-0.4, -0.2) is 22.8 Å². The fraction of sp³-hybridized carbons (Fsp3) is 0.600. The van der Waals surface area contributed by atoms with Gasteiger partial charge in [-0.05, 0) is 33.7 Å². The zero-order valence-electron chi connectivity index (χ0n) is 12.9. The molecule has 20 heavy (non-hydrogen) atoms. The van der Waals surface area contributed by atoms with Crippen molar-refractivity contribution in [3.05, 3.63) is 23.0 Å². The van der Waals surface area contributed by atoms with Crippen molar-refractivity contribution in [1.82, 2.24) is 15.5 Å². The van der Waals surface area contributed by atoms with Crippen LogP contribution < -0.4 is 5.32 Å². The summed E-state index contributed by atoms with van der Waals surface area (Å²) in [7, 11) is 0. The largest absolute Gasteiger partial charge is 0.466 e. The van der Waals surface area contributed by atoms with Gasteiger partial charge < -0.3 is 14.2 Å². The molecule has 0 aliphatic rings. The lowest BCUT2D eigenvalue weighted by molar-refractivity contribution is 0.479. The van der Waals surface area contributed by atoms with Crippen molar-refractivity contribution in [2.24, 2.45) is 0 Å². The first-order valence-corrected chi connectivity index (χ1v) is 7.11. The van der Waals surface area contributed by atoms with E-state index in [9.17, 15) is 0 Å². The van der Waals surface area contributed by atoms with Crippen molar-refractivity contribution in [3.8, 4) is 11.5 Å². The molecule has 1 N–H and O–H groups in total. The number of nitrogens with one attached hydrogen (secondary N) is 1. The van der Waals surface area contributed by atoms with Crippen LogP contribution in [0.15, 0.2) is 8.83 Å². The van der Waals surface area contributed by atoms with E-state index in [1.54, 1.807) is 0 Å². The molecule has 2 heterocycles. The molecule has 0 bridgehead atoms. The van der Waals surface area contributed by atoms with E-state index in [1.165, 1.54) is 0 Å². The third-order valence-electron chi connectivity index (χ3n) is 3.36. The summed E-state index contributed by atoms with van der Waals surface area (Å²) in [6, 6.07) is 0.507. The third kappa shape index (κ3) is 3.28. The van der Waals surface area contributed by atoms with Gasteiger partial charge in [0, 0.05) is 18.0 Å². The first kappa shape index (κ1) is 14.8. The van der Waals surface area contributed by atoms with Gasteiger partial charge in [0.15, 0.2) is 0 Å². The minimum Gasteiger partial charge on any atom is -0.466 e. The van der Waals surface area contributed by atoms with Crippen molar-refractivity contribution in [2.75, 3.05) is 6.54 Å². The van der Waals surface area contributed by atoms with E-state index in [4.69, 9.17) is 8.83 Å². The molecule has 2 rings (SSSR count). The number of aryl methyl sites for hydroxylation is 3. The van der Waals surface area contributed by atoms with Gasteiger partial charge in [0.2, 0.25) is 5.89 Å². The molecular formula is C15H23N3O2. The maximum absolute atomic E-state index is 5.74. The number of aromatic nitrogens is 2. The summed E-state index contributed by atoms with van der Waals surface area (Å²) in [5, 5.41) is 11.6. The highest BCUT2D eigenvalue weighted by Crippen LogP contribution is 2.30. The summed E-state index contributed by atoms with van der Waals surface area (Å²) < 4.78 is 11.3. The second-order valence-electron chi connectivity index (χ2n) is 5.43. The number of hydrogen-bond acceptors (Lipinski definition) is 5. The summed E-state index contributed by atoms with van der Waals surface area (Å²) in [5.41, 5.74) is 2.00. The minimum atomic E-state index is 0.507. The molecule has 0 aliphatic carbocycles. The van der Waals surface area contributed by atoms with Crippen LogP contribution in [0.2, 0.25) is 0 Å². The Bertz CT molecular complexity index is 570. The molecule has 0 radical (unpaired) electrons. The van der Waals surface area contributed by atoms with E-state index < -0.39 is 0 Å². The number of hydrogen-bond donors (Lipinski definition) is 1. The fourth-order valence-electron chi connectivity index (χ4n) is 2.19. The van der Waals surface area contributed by atoms with Crippen LogP contribution in [0.3, 0.4) is 0 Å². The Morgan fingerprint density at radius 2 is 1.80 bits per heavy atom. The zero-order chi connectivity index (χ0) is 14.7. The lowest BCUT2D eigenvalue weighted by atomic mass is 10.1. The van der Waals surface area contributed by atoms with Gasteiger partial charge in [-0.1, -0.05) is 13.8 Å². The van der Waals surface area contributed by atoms with Gasteiger partial charge in [0.25, 0.3) is 5.89 Å². The van der Waals surface area contributed by atoms with Gasteiger partial charge in [-0.15, -0.1) is 10.2 Å². The first-order chi connectivity index (χ1) is 9.49. The van der Waals surface area contributed by atoms with Gasteiger partial charge in [0.1, 0.15) is 11.5 Å². The topological polar surface area (TPSA) is 64.1 Å². The van der Waals surface area contributed by atoms with Crippen molar-refractivity contribution >= 4 is 0 Å². The standard InChI is InChI=1S/C15H23N3O2/c1-9(2)16-8-6-7-13-17-18-15(20-13)14-10(3)11(4)19-12(14)5/h9,16H,6-8H2,1-5H3. The lowest BCUT2D eigenvalue weighted by Gasteiger charge is -2.05. The van der Waals surface area contributed by atoms with Crippen LogP contribution in [-0.2, 0) is 6.42 Å². The molecule has 0 unspecified atom stereocenters. The van der Waals surface area contributed by atoms with Crippen LogP contribution in [0.5, 0.6) is 0 Å². The third-order valence-corrected chi connectivity index (χ3v) is 3.36. The Morgan fingerprint density at radius 3 is 2.40 bits per heavy atom. The summed E-state index contributed by atoms with van der Waals surface area (Å²) in [5.74, 6) is 2.97. The van der Waals surface area contributed by atoms with Crippen LogP contribution in [0.25, 0.3) is 11.5 Å². The van der Waals surface area contributed by atoms with E-state index in [1.807, 2.05) is 20.8 Å². The molecule has 0 atom stereocenters. The second-order valence-corrected chi connectivity index (χ2v) is 5.43. The summed E-state index contributed by atoms with van der Waals surface area (Å²) in [6.07, 6.45) is 1.78. The van der Waals surface area contributed by atoms with Gasteiger partial charge >= 0.3 is 0 Å². The van der Waals surface area contributed by atoms with Crippen LogP contribution in [0.1, 0.15) is 43.2 Å². The molecule has 110 valence electrons. The van der Waals surface area contributed by atoms with Gasteiger partial charge in [0.05, 0.1) is 5.56 Å². The highest BCUT2D eigenvalue weighted by molar-refractivity contribution is 5.61. The maximum atomic E-state index is 5.74. The Morgan fingerprint density at radius 1 is 1.05 bits per heavy atom. The van der Waals surface area contributed by atoms with Crippen molar-refractivity contribution < 1.29 is 8.83 Å². The molecule has 0 aromatic carbocycles. The van der Waals surface area contributed by atoms with E-state index >= 15 is 0 Å². The average Bonchev–Trinajstić information content (AvgIpc) is 2.91. The molecule has 2 aromatic rings. The van der Waals surface area contributed by atoms with Crippen molar-refractivity contribution in [1.29, 1.82) is 0 Å². The Balaban J connectivity index is 2.02. The lowest BCUT2D eigenvalue weighted by Crippen LogP contribution is -2.23. The minimum absolute atomic E-state index is 0.507. The predicted molar refractivity (Wildman–Crippen MR) is 77.7 cm³/mol. The second kappa shape index (κ2) is 6.22. The van der Waals surface area contributed by atoms with E-state index in [2.05, 4.69) is 29.4 Å². The van der Waals surface area contributed by atoms with Crippen LogP contribution in [0, 0.1) is 20.8 Å². The monoisotopic (exact) mass is 277 g/mol. The normalized spacial score (nSPS) is 11.5. The number of nitrogens with zero attached hydrogens (tertiary/aromatic N) is 2. The quantitative estimate of drug-likeness (QED) is 0.821. The smallest absolute Gasteiger partial charge is 0.251 e. The summed E-state index contributed by atoms with van der Waals surface area (Å²) in [4.78, 5) is 0. The van der Waals surface area contributed by atoms with E-state index in [-0.39, 0.29) is 0 Å². The van der Waals surface area contributed by atoms with E-state index in [0.29, 0.717) is 17.8 Å². The molecule has 0 saturated heterocycles. The summed E-state index contributed by atoms with van der Waals surface area (Å²) >= 11 is 0. The van der Waals surface area contributed by atoms with Gasteiger partial charge in [-0.2, -0.15) is 0 Å². The Hall–Kier alpha value is -1.62. The average molecular weight is 277 g/mol. The highest BCUT2D eigenvalue weighted by atomic mass is 16.4. The van der Waals surface area contributed by atoms with Crippen molar-refractivity contribution in [3.63, 3.8) is 0 Å². The molecule has 0 saturated carbocycles. The van der Waals surface area contributed by atoms with Gasteiger partial charge in [-0.25, -0.2) is 0 Å². The summed E-state index contributed by atoms with van der Waals surface area (Å²) in [6.45, 7) is 11.1. The Kier molecular flexibility index (Phi) is 4.60. The van der Waals surface area contributed by atoms with Crippen LogP contribution in [0.4, 0.5) is 0 Å². The zero-order valence-corrected chi connectivity index (χ0v) is 12.9. The molecule has 5 heteroatoms. The molecular weight excluding hydrogens is 254 g/mol. The SMILES string of the molecule is Cc1oc(C)c(-c2nnc(CCCNC(C)C)o2)c1C. The highest BCUT2D eigenvalue weighted by Gasteiger charge is 2.18. The molecule has 0 fully saturated rings. The molecule has 0 spiro atoms. The van der Waals surface area contributed by atoms with Crippen LogP contribution >= 0.6 is 0 Å². The number of furan rings is 1. The first-order valence-electron chi connectivity index (χ1n) is 7.11. The predicted octanol–water partition coefficient (Wildman–Crippen LogP) is 3.19. The molecule has 0 amide bonds. The molecule has 2 aromatic heterocycles. The number of rotatable bonds is 6. The van der Waals surface area contributed by atoms with Crippen molar-refractivity contribution in [2.45, 2.75) is 53.5 Å². The Labute approximate surface area is 119 Å². The fourth-order valence-corrected chi connectivity index (χ4v) is 2.19. The molecule has 0 aliphatic heterocycles.